The van der Waals surface area contributed by atoms with Crippen LogP contribution in [0.4, 0.5) is 0 Å². The Morgan fingerprint density at radius 3 is 1.63 bits per heavy atom. The van der Waals surface area contributed by atoms with Crippen LogP contribution in [0.25, 0.3) is 0 Å². The maximum Gasteiger partial charge on any atom is 1.00 e. The summed E-state index contributed by atoms with van der Waals surface area (Å²) in [6.45, 7) is -19.8. The van der Waals surface area contributed by atoms with Gasteiger partial charge in [-0.1, -0.05) is 41.1 Å². The van der Waals surface area contributed by atoms with Gasteiger partial charge >= 0.3 is 24.8 Å². The number of carbonyl (C=O) groups is 2. The molecule has 5 nitrogen and oxygen atoms in total. The SMILES string of the molecule is [2H]C([2H])([2H])C([2H])(C(=O)O)C([2H])([2H])[2H].[2H]C([2H])([2H])C([2H])(C(N)=O)C([2H])([2H])[2H].[2H]C([2H])([2H])C([2H])(CN)C([2H])([2H])[2H].[AlH3].[H-].[Li+]. The summed E-state index contributed by atoms with van der Waals surface area (Å²) in [5.41, 5.74) is 9.57. The van der Waals surface area contributed by atoms with E-state index in [1.54, 1.807) is 0 Å². The van der Waals surface area contributed by atoms with Crippen molar-refractivity contribution in [1.82, 2.24) is 0 Å². The Balaban J connectivity index is -0.000000108. The van der Waals surface area contributed by atoms with E-state index in [1.165, 1.54) is 0 Å². The Labute approximate surface area is 171 Å². The van der Waals surface area contributed by atoms with Crippen LogP contribution in [0.15, 0.2) is 0 Å². The van der Waals surface area contributed by atoms with Gasteiger partial charge in [0.15, 0.2) is 17.4 Å². The number of hydrogen-bond donors (Lipinski definition) is 3. The largest absolute Gasteiger partial charge is 1.00 e. The van der Waals surface area contributed by atoms with E-state index in [0.29, 0.717) is 0 Å². The predicted octanol–water partition coefficient (Wildman–Crippen LogP) is -2.61. The molecule has 0 radical (unpaired) electrons. The smallest absolute Gasteiger partial charge is 1.00 e. The molecule has 7 heteroatoms. The molecule has 0 aliphatic rings. The van der Waals surface area contributed by atoms with Gasteiger partial charge in [0.1, 0.15) is 0 Å². The van der Waals surface area contributed by atoms with E-state index >= 15 is 0 Å². The molecule has 19 heavy (non-hydrogen) atoms. The van der Waals surface area contributed by atoms with Crippen molar-refractivity contribution in [3.05, 3.63) is 0 Å². The number of carbonyl (C=O) groups excluding carboxylic acids is 1. The van der Waals surface area contributed by atoms with Crippen molar-refractivity contribution in [3.8, 4) is 0 Å². The summed E-state index contributed by atoms with van der Waals surface area (Å²) in [4.78, 5) is 21.0. The van der Waals surface area contributed by atoms with Crippen molar-refractivity contribution in [2.24, 2.45) is 29.1 Å². The summed E-state index contributed by atoms with van der Waals surface area (Å²) in [5, 5.41) is 8.40. The number of primary amides is 1. The van der Waals surface area contributed by atoms with Gasteiger partial charge in [-0.25, -0.2) is 0 Å². The summed E-state index contributed by atoms with van der Waals surface area (Å²) in [6.07, 6.45) is 0. The van der Waals surface area contributed by atoms with E-state index in [9.17, 15) is 9.59 Å². The second-order valence-corrected chi connectivity index (χ2v) is 2.10. The minimum absolute atomic E-state index is 0. The van der Waals surface area contributed by atoms with Gasteiger partial charge in [-0.3, -0.25) is 9.59 Å². The Kier molecular flexibility index (Phi) is 5.40. The number of amides is 1. The van der Waals surface area contributed by atoms with E-state index in [1.807, 2.05) is 0 Å². The van der Waals surface area contributed by atoms with Crippen LogP contribution in [0.5, 0.6) is 0 Å². The van der Waals surface area contributed by atoms with Crippen molar-refractivity contribution in [1.29, 1.82) is 0 Å². The van der Waals surface area contributed by atoms with E-state index in [0.717, 1.165) is 0 Å². The molecule has 0 aliphatic heterocycles. The fraction of sp³-hybridized carbons (Fsp3) is 0.833. The Morgan fingerprint density at radius 1 is 1.21 bits per heavy atom. The average molecular weight is 307 g/mol. The molecule has 0 unspecified atom stereocenters. The van der Waals surface area contributed by atoms with Crippen molar-refractivity contribution in [2.45, 2.75) is 41.1 Å². The Bertz CT molecular complexity index is 724. The fourth-order valence-electron chi connectivity index (χ4n) is 0. The van der Waals surface area contributed by atoms with Crippen molar-refractivity contribution in [2.75, 3.05) is 6.54 Å². The van der Waals surface area contributed by atoms with Crippen molar-refractivity contribution in [3.63, 3.8) is 0 Å². The van der Waals surface area contributed by atoms with Crippen LogP contribution in [-0.4, -0.2) is 40.9 Å². The summed E-state index contributed by atoms with van der Waals surface area (Å²) < 4.78 is 143. The molecule has 0 rings (SSSR count). The number of hydrogen-bond acceptors (Lipinski definition) is 3. The normalized spacial score (nSPS) is 30.3. The van der Waals surface area contributed by atoms with Crippen molar-refractivity contribution >= 4 is 29.2 Å². The summed E-state index contributed by atoms with van der Waals surface area (Å²) in [7, 11) is 0. The van der Waals surface area contributed by atoms with Crippen LogP contribution in [0, 0.1) is 17.7 Å². The zero-order chi connectivity index (χ0) is 32.4. The van der Waals surface area contributed by atoms with Crippen LogP contribution in [0.1, 0.15) is 71.3 Å². The summed E-state index contributed by atoms with van der Waals surface area (Å²) in [6, 6.07) is 0. The van der Waals surface area contributed by atoms with E-state index in [2.05, 4.69) is 5.73 Å². The topological polar surface area (TPSA) is 106 Å². The molecule has 112 valence electrons. The first kappa shape index (κ1) is 5.04. The second-order valence-electron chi connectivity index (χ2n) is 2.10. The van der Waals surface area contributed by atoms with Crippen LogP contribution in [0.2, 0.25) is 0 Å². The molecule has 0 aromatic carbocycles. The van der Waals surface area contributed by atoms with Gasteiger partial charge in [-0.2, -0.15) is 0 Å². The molecule has 0 aromatic rings. The van der Waals surface area contributed by atoms with Gasteiger partial charge in [-0.05, 0) is 12.4 Å². The molecule has 0 spiro atoms. The molecule has 0 heterocycles. The third kappa shape index (κ3) is 46.1. The molecular formula is C12H32AlLiN2O3. The first-order valence-electron chi connectivity index (χ1n) is 14.2. The third-order valence-corrected chi connectivity index (χ3v) is 0.664. The molecule has 0 saturated heterocycles. The molecular weight excluding hydrogens is 254 g/mol. The molecule has 0 aliphatic carbocycles. The minimum atomic E-state index is -3.46. The average Bonchev–Trinajstić information content (AvgIpc) is 2.60. The van der Waals surface area contributed by atoms with Gasteiger partial charge < -0.3 is 18.0 Å². The van der Waals surface area contributed by atoms with Crippen LogP contribution < -0.4 is 30.3 Å². The molecule has 0 bridgehead atoms. The molecule has 0 fully saturated rings. The molecule has 5 N–H and O–H groups in total. The van der Waals surface area contributed by atoms with Gasteiger partial charge in [0.2, 0.25) is 5.91 Å². The zero-order valence-corrected chi connectivity index (χ0v) is 9.63. The van der Waals surface area contributed by atoms with Gasteiger partial charge in [0, 0.05) is 34.7 Å². The third-order valence-electron chi connectivity index (χ3n) is 0.664. The second kappa shape index (κ2) is 20.3. The standard InChI is InChI=1S/C4H9NO.C4H11N.C4H8O2.Al.Li.4H/c1-3(2)4(5)6;1-4(2)3-5;1-3(2)4(5)6;;;;;;/h3H,1-2H3,(H2,5,6);4H,3,5H2,1-2H3;3H,1-2H3,(H,5,6);;;;;;/q;;;;+1;;;;-1/i1D3,2D3,3D;1D3,2D3,4D;1D3,2D3,3D;;;;;;. The number of aliphatic carboxylic acids is 1. The van der Waals surface area contributed by atoms with Gasteiger partial charge in [0.25, 0.3) is 0 Å². The van der Waals surface area contributed by atoms with E-state index in [-0.39, 0.29) is 37.6 Å². The summed E-state index contributed by atoms with van der Waals surface area (Å²) in [5.74, 6) is -13.1. The number of carboxylic acid groups (broad SMARTS) is 1. The first-order chi connectivity index (χ1) is 15.9. The predicted molar refractivity (Wildman–Crippen MR) is 81.4 cm³/mol. The zero-order valence-electron chi connectivity index (χ0n) is 31.6. The summed E-state index contributed by atoms with van der Waals surface area (Å²) >= 11 is 0. The van der Waals surface area contributed by atoms with Crippen molar-refractivity contribution < 1.29 is 63.8 Å². The minimum Gasteiger partial charge on any atom is -1.00 e. The number of nitrogens with two attached hydrogens (primary N) is 2. The molecule has 1 amide bonds. The Morgan fingerprint density at radius 2 is 1.63 bits per heavy atom. The van der Waals surface area contributed by atoms with Crippen LogP contribution in [-0.2, 0) is 9.59 Å². The first-order valence-corrected chi connectivity index (χ1v) is 3.68. The molecule has 0 aromatic heterocycles. The Hall–Kier alpha value is 0.0299. The molecule has 0 atom stereocenters. The maximum absolute atomic E-state index is 10.6. The fourth-order valence-corrected chi connectivity index (χ4v) is 0. The van der Waals surface area contributed by atoms with E-state index in [4.69, 9.17) is 39.6 Å². The van der Waals surface area contributed by atoms with Crippen LogP contribution in [0.3, 0.4) is 0 Å². The van der Waals surface area contributed by atoms with Crippen LogP contribution >= 0.6 is 0 Å². The van der Waals surface area contributed by atoms with Gasteiger partial charge in [0.05, 0.1) is 5.89 Å². The maximum atomic E-state index is 10.6. The van der Waals surface area contributed by atoms with Gasteiger partial charge in [-0.15, -0.1) is 0 Å². The quantitative estimate of drug-likeness (QED) is 0.497. The number of carboxylic acids is 1. The number of rotatable bonds is 3. The molecule has 0 saturated carbocycles. The van der Waals surface area contributed by atoms with E-state index < -0.39 is 77.2 Å². The monoisotopic (exact) mass is 307 g/mol.